The molecule has 5 nitrogen and oxygen atoms in total. The van der Waals surface area contributed by atoms with Gasteiger partial charge in [-0.05, 0) is 65.8 Å². The van der Waals surface area contributed by atoms with Crippen molar-refractivity contribution in [1.82, 2.24) is 9.88 Å². The number of aromatic amines is 1. The summed E-state index contributed by atoms with van der Waals surface area (Å²) in [4.78, 5) is 31.5. The second-order valence-electron chi connectivity index (χ2n) is 9.95. The van der Waals surface area contributed by atoms with E-state index in [0.717, 1.165) is 28.5 Å². The van der Waals surface area contributed by atoms with E-state index < -0.39 is 17.7 Å². The van der Waals surface area contributed by atoms with Gasteiger partial charge in [0.05, 0.1) is 11.6 Å². The molecule has 0 radical (unpaired) electrons. The van der Waals surface area contributed by atoms with Crippen molar-refractivity contribution in [3.63, 3.8) is 0 Å². The normalized spacial score (nSPS) is 17.3. The van der Waals surface area contributed by atoms with Crippen LogP contribution < -0.4 is 0 Å². The zero-order chi connectivity index (χ0) is 26.1. The summed E-state index contributed by atoms with van der Waals surface area (Å²) in [6.45, 7) is 4.67. The molecule has 6 heteroatoms. The Balaban J connectivity index is 1.54. The number of aromatic nitrogens is 1. The molecular weight excluding hydrogens is 484 g/mol. The van der Waals surface area contributed by atoms with Crippen molar-refractivity contribution in [2.45, 2.75) is 32.7 Å². The number of H-pyrrole nitrogens is 1. The molecule has 1 fully saturated rings. The number of rotatable bonds is 7. The molecular formula is C31H29ClN2O3. The summed E-state index contributed by atoms with van der Waals surface area (Å²) in [5.41, 5.74) is 4.62. The van der Waals surface area contributed by atoms with Gasteiger partial charge in [-0.15, -0.1) is 0 Å². The first-order chi connectivity index (χ1) is 17.8. The van der Waals surface area contributed by atoms with Crippen LogP contribution in [0.5, 0.6) is 0 Å². The zero-order valence-electron chi connectivity index (χ0n) is 20.9. The molecule has 0 spiro atoms. The van der Waals surface area contributed by atoms with E-state index in [1.807, 2.05) is 54.7 Å². The van der Waals surface area contributed by atoms with Crippen molar-refractivity contribution < 1.29 is 14.7 Å². The lowest BCUT2D eigenvalue weighted by molar-refractivity contribution is -0.139. The molecule has 4 aromatic rings. The van der Waals surface area contributed by atoms with Gasteiger partial charge in [0.15, 0.2) is 0 Å². The maximum Gasteiger partial charge on any atom is 0.295 e. The summed E-state index contributed by atoms with van der Waals surface area (Å²) in [7, 11) is 0. The predicted octanol–water partition coefficient (Wildman–Crippen LogP) is 6.68. The van der Waals surface area contributed by atoms with Crippen molar-refractivity contribution in [2.24, 2.45) is 5.92 Å². The van der Waals surface area contributed by atoms with Crippen LogP contribution >= 0.6 is 11.6 Å². The Morgan fingerprint density at radius 2 is 1.70 bits per heavy atom. The molecule has 0 aliphatic carbocycles. The highest BCUT2D eigenvalue weighted by Crippen LogP contribution is 2.40. The number of hydrogen-bond donors (Lipinski definition) is 2. The Bertz CT molecular complexity index is 1480. The number of carbonyl (C=O) groups is 2. The molecule has 3 aromatic carbocycles. The van der Waals surface area contributed by atoms with Gasteiger partial charge >= 0.3 is 0 Å². The standard InChI is InChI=1S/C31H29ClN2O3/c1-19(2)17-20-7-9-21(10-8-20)28-27(29(35)22-11-13-24(32)14-12-22)30(36)31(37)34(28)16-15-23-18-33-26-6-4-3-5-25(23)26/h3-14,18-19,28,33,35H,15-17H2,1-2H3. The molecule has 0 bridgehead atoms. The maximum absolute atomic E-state index is 13.3. The molecule has 2 N–H and O–H groups in total. The van der Waals surface area contributed by atoms with E-state index in [0.29, 0.717) is 29.5 Å². The van der Waals surface area contributed by atoms with E-state index in [2.05, 4.69) is 18.8 Å². The van der Waals surface area contributed by atoms with Crippen LogP contribution in [0.2, 0.25) is 5.02 Å². The van der Waals surface area contributed by atoms with Gasteiger partial charge in [0, 0.05) is 34.2 Å². The van der Waals surface area contributed by atoms with E-state index in [4.69, 9.17) is 11.6 Å². The summed E-state index contributed by atoms with van der Waals surface area (Å²) in [6.07, 6.45) is 3.45. The Morgan fingerprint density at radius 3 is 2.41 bits per heavy atom. The lowest BCUT2D eigenvalue weighted by Crippen LogP contribution is -2.31. The summed E-state index contributed by atoms with van der Waals surface area (Å²) in [5, 5.41) is 12.9. The molecule has 0 saturated carbocycles. The number of halogens is 1. The Kier molecular flexibility index (Phi) is 6.90. The minimum absolute atomic E-state index is 0.0999. The number of Topliss-reactive ketones (excluding diaryl/α,β-unsaturated/α-hetero) is 1. The van der Waals surface area contributed by atoms with Gasteiger partial charge in [0.1, 0.15) is 5.76 Å². The van der Waals surface area contributed by atoms with Crippen molar-refractivity contribution in [3.8, 4) is 0 Å². The molecule has 5 rings (SSSR count). The Morgan fingerprint density at radius 1 is 1.00 bits per heavy atom. The number of para-hydroxylation sites is 1. The minimum atomic E-state index is -0.686. The average molecular weight is 513 g/mol. The molecule has 1 aliphatic rings. The fraction of sp³-hybridized carbons (Fsp3) is 0.226. The monoisotopic (exact) mass is 512 g/mol. The number of nitrogens with zero attached hydrogens (tertiary/aromatic N) is 1. The molecule has 2 heterocycles. The third-order valence-corrected chi connectivity index (χ3v) is 7.15. The number of amides is 1. The van der Waals surface area contributed by atoms with E-state index >= 15 is 0 Å². The second-order valence-corrected chi connectivity index (χ2v) is 10.4. The van der Waals surface area contributed by atoms with Crippen LogP contribution in [0, 0.1) is 5.92 Å². The lowest BCUT2D eigenvalue weighted by Gasteiger charge is -2.25. The summed E-state index contributed by atoms with van der Waals surface area (Å²) in [6, 6.07) is 21.9. The highest BCUT2D eigenvalue weighted by atomic mass is 35.5. The lowest BCUT2D eigenvalue weighted by atomic mass is 9.93. The van der Waals surface area contributed by atoms with Crippen LogP contribution in [0.15, 0.2) is 84.6 Å². The number of ketones is 1. The van der Waals surface area contributed by atoms with E-state index in [1.165, 1.54) is 5.56 Å². The number of aliphatic hydroxyl groups is 1. The first-order valence-corrected chi connectivity index (χ1v) is 12.9. The quantitative estimate of drug-likeness (QED) is 0.165. The number of fused-ring (bicyclic) bond motifs is 1. The first-order valence-electron chi connectivity index (χ1n) is 12.5. The van der Waals surface area contributed by atoms with E-state index in [1.54, 1.807) is 29.2 Å². The van der Waals surface area contributed by atoms with Crippen molar-refractivity contribution in [1.29, 1.82) is 0 Å². The van der Waals surface area contributed by atoms with Gasteiger partial charge in [-0.25, -0.2) is 0 Å². The van der Waals surface area contributed by atoms with Gasteiger partial charge in [-0.1, -0.05) is 67.9 Å². The van der Waals surface area contributed by atoms with Gasteiger partial charge in [-0.3, -0.25) is 9.59 Å². The maximum atomic E-state index is 13.3. The number of hydrogen-bond acceptors (Lipinski definition) is 3. The molecule has 1 aliphatic heterocycles. The van der Waals surface area contributed by atoms with Crippen LogP contribution in [0.4, 0.5) is 0 Å². The fourth-order valence-corrected chi connectivity index (χ4v) is 5.23. The number of nitrogens with one attached hydrogen (secondary N) is 1. The van der Waals surface area contributed by atoms with Crippen LogP contribution in [0.1, 0.15) is 42.1 Å². The SMILES string of the molecule is CC(C)Cc1ccc(C2C(=C(O)c3ccc(Cl)cc3)C(=O)C(=O)N2CCc2c[nH]c3ccccc23)cc1. The van der Waals surface area contributed by atoms with Crippen LogP contribution in [0.3, 0.4) is 0 Å². The first kappa shape index (κ1) is 24.8. The highest BCUT2D eigenvalue weighted by Gasteiger charge is 2.45. The summed E-state index contributed by atoms with van der Waals surface area (Å²) < 4.78 is 0. The van der Waals surface area contributed by atoms with Gasteiger partial charge in [-0.2, -0.15) is 0 Å². The molecule has 1 unspecified atom stereocenters. The van der Waals surface area contributed by atoms with Gasteiger partial charge in [0.2, 0.25) is 0 Å². The van der Waals surface area contributed by atoms with Crippen molar-refractivity contribution in [3.05, 3.63) is 112 Å². The zero-order valence-corrected chi connectivity index (χ0v) is 21.6. The predicted molar refractivity (Wildman–Crippen MR) is 147 cm³/mol. The van der Waals surface area contributed by atoms with Crippen LogP contribution in [-0.2, 0) is 22.4 Å². The van der Waals surface area contributed by atoms with E-state index in [9.17, 15) is 14.7 Å². The van der Waals surface area contributed by atoms with Crippen molar-refractivity contribution >= 4 is 40.0 Å². The Hall–Kier alpha value is -3.83. The molecule has 1 saturated heterocycles. The average Bonchev–Trinajstić information content (AvgIpc) is 3.41. The minimum Gasteiger partial charge on any atom is -0.507 e. The molecule has 188 valence electrons. The number of carbonyl (C=O) groups excluding carboxylic acids is 2. The summed E-state index contributed by atoms with van der Waals surface area (Å²) >= 11 is 6.03. The summed E-state index contributed by atoms with van der Waals surface area (Å²) in [5.74, 6) is -0.965. The Labute approximate surface area is 221 Å². The van der Waals surface area contributed by atoms with E-state index in [-0.39, 0.29) is 11.3 Å². The third kappa shape index (κ3) is 4.92. The largest absolute Gasteiger partial charge is 0.507 e. The molecule has 1 amide bonds. The van der Waals surface area contributed by atoms with Crippen LogP contribution in [-0.4, -0.2) is 33.2 Å². The highest BCUT2D eigenvalue weighted by molar-refractivity contribution is 6.46. The van der Waals surface area contributed by atoms with Crippen molar-refractivity contribution in [2.75, 3.05) is 6.54 Å². The number of aliphatic hydroxyl groups excluding tert-OH is 1. The smallest absolute Gasteiger partial charge is 0.295 e. The second kappa shape index (κ2) is 10.3. The third-order valence-electron chi connectivity index (χ3n) is 6.89. The molecule has 1 aromatic heterocycles. The number of benzene rings is 3. The molecule has 37 heavy (non-hydrogen) atoms. The molecule has 1 atom stereocenters. The topological polar surface area (TPSA) is 73.4 Å². The number of likely N-dealkylation sites (tertiary alicyclic amines) is 1. The van der Waals surface area contributed by atoms with Crippen LogP contribution in [0.25, 0.3) is 16.7 Å². The van der Waals surface area contributed by atoms with Gasteiger partial charge in [0.25, 0.3) is 11.7 Å². The van der Waals surface area contributed by atoms with Gasteiger partial charge < -0.3 is 15.0 Å². The fourth-order valence-electron chi connectivity index (χ4n) is 5.11.